The molecule has 1 aliphatic heterocycles. The zero-order valence-electron chi connectivity index (χ0n) is 10.5. The molecule has 0 amide bonds. The lowest BCUT2D eigenvalue weighted by molar-refractivity contribution is 0.167. The van der Waals surface area contributed by atoms with E-state index in [0.29, 0.717) is 12.6 Å². The first-order chi connectivity index (χ1) is 8.22. The van der Waals surface area contributed by atoms with Gasteiger partial charge in [-0.15, -0.1) is 0 Å². The van der Waals surface area contributed by atoms with Gasteiger partial charge in [-0.05, 0) is 50.0 Å². The summed E-state index contributed by atoms with van der Waals surface area (Å²) in [5.41, 5.74) is 8.32. The van der Waals surface area contributed by atoms with Gasteiger partial charge in [-0.1, -0.05) is 30.2 Å². The minimum Gasteiger partial charge on any atom is -0.329 e. The van der Waals surface area contributed by atoms with Gasteiger partial charge in [-0.25, -0.2) is 0 Å². The number of nitrogens with two attached hydrogens (primary N) is 1. The van der Waals surface area contributed by atoms with Crippen molar-refractivity contribution in [3.05, 3.63) is 34.3 Å². The van der Waals surface area contributed by atoms with Gasteiger partial charge in [0, 0.05) is 17.6 Å². The third-order valence-corrected chi connectivity index (χ3v) is 4.04. The van der Waals surface area contributed by atoms with Crippen molar-refractivity contribution in [1.29, 1.82) is 0 Å². The highest BCUT2D eigenvalue weighted by Crippen LogP contribution is 2.27. The fraction of sp³-hybridized carbons (Fsp3) is 0.571. The second-order valence-corrected chi connectivity index (χ2v) is 5.26. The van der Waals surface area contributed by atoms with Crippen LogP contribution in [0.1, 0.15) is 36.4 Å². The molecule has 1 atom stereocenters. The standard InChI is InChI=1S/C14H21ClN2/c1-11-5-6-12(9-13(11)15)14(10-16)17-7-3-2-4-8-17/h5-6,9,14H,2-4,7-8,10,16H2,1H3. The Kier molecular flexibility index (Phi) is 4.43. The van der Waals surface area contributed by atoms with Gasteiger partial charge < -0.3 is 5.73 Å². The highest BCUT2D eigenvalue weighted by Gasteiger charge is 2.21. The van der Waals surface area contributed by atoms with Crippen molar-refractivity contribution >= 4 is 11.6 Å². The largest absolute Gasteiger partial charge is 0.329 e. The number of hydrogen-bond acceptors (Lipinski definition) is 2. The molecule has 1 heterocycles. The molecular formula is C14H21ClN2. The summed E-state index contributed by atoms with van der Waals surface area (Å²) in [4.78, 5) is 2.49. The molecule has 0 bridgehead atoms. The monoisotopic (exact) mass is 252 g/mol. The van der Waals surface area contributed by atoms with E-state index in [1.165, 1.54) is 24.8 Å². The van der Waals surface area contributed by atoms with Crippen molar-refractivity contribution < 1.29 is 0 Å². The van der Waals surface area contributed by atoms with Crippen LogP contribution in [-0.4, -0.2) is 24.5 Å². The van der Waals surface area contributed by atoms with E-state index >= 15 is 0 Å². The van der Waals surface area contributed by atoms with E-state index in [0.717, 1.165) is 23.7 Å². The zero-order valence-corrected chi connectivity index (χ0v) is 11.2. The molecule has 3 heteroatoms. The number of likely N-dealkylation sites (tertiary alicyclic amines) is 1. The highest BCUT2D eigenvalue weighted by atomic mass is 35.5. The minimum absolute atomic E-state index is 0.327. The minimum atomic E-state index is 0.327. The van der Waals surface area contributed by atoms with Gasteiger partial charge in [0.2, 0.25) is 0 Å². The van der Waals surface area contributed by atoms with Gasteiger partial charge in [0.15, 0.2) is 0 Å². The summed E-state index contributed by atoms with van der Waals surface area (Å²) in [7, 11) is 0. The average molecular weight is 253 g/mol. The number of hydrogen-bond donors (Lipinski definition) is 1. The maximum atomic E-state index is 6.19. The van der Waals surface area contributed by atoms with Crippen LogP contribution < -0.4 is 5.73 Å². The van der Waals surface area contributed by atoms with Crippen molar-refractivity contribution in [2.45, 2.75) is 32.2 Å². The second kappa shape index (κ2) is 5.85. The zero-order chi connectivity index (χ0) is 12.3. The third kappa shape index (κ3) is 3.01. The summed E-state index contributed by atoms with van der Waals surface area (Å²) in [6.07, 6.45) is 3.93. The quantitative estimate of drug-likeness (QED) is 0.896. The molecule has 0 aliphatic carbocycles. The highest BCUT2D eigenvalue weighted by molar-refractivity contribution is 6.31. The molecule has 2 nitrogen and oxygen atoms in total. The van der Waals surface area contributed by atoms with Crippen molar-refractivity contribution in [3.8, 4) is 0 Å². The van der Waals surface area contributed by atoms with Gasteiger partial charge in [0.05, 0.1) is 0 Å². The summed E-state index contributed by atoms with van der Waals surface area (Å²) >= 11 is 6.19. The van der Waals surface area contributed by atoms with Crippen LogP contribution in [0, 0.1) is 6.92 Å². The first-order valence-electron chi connectivity index (χ1n) is 6.42. The fourth-order valence-corrected chi connectivity index (χ4v) is 2.73. The number of halogens is 1. The van der Waals surface area contributed by atoms with Crippen molar-refractivity contribution in [2.24, 2.45) is 5.73 Å². The first-order valence-corrected chi connectivity index (χ1v) is 6.80. The number of aryl methyl sites for hydroxylation is 1. The Morgan fingerprint density at radius 3 is 2.59 bits per heavy atom. The molecule has 0 saturated carbocycles. The fourth-order valence-electron chi connectivity index (χ4n) is 2.54. The number of nitrogens with zero attached hydrogens (tertiary/aromatic N) is 1. The molecule has 0 radical (unpaired) electrons. The molecule has 1 aromatic carbocycles. The Labute approximate surface area is 109 Å². The third-order valence-electron chi connectivity index (χ3n) is 3.64. The Morgan fingerprint density at radius 2 is 2.00 bits per heavy atom. The Bertz CT molecular complexity index is 372. The van der Waals surface area contributed by atoms with Crippen LogP contribution in [0.3, 0.4) is 0 Å². The van der Waals surface area contributed by atoms with Crippen LogP contribution in [0.25, 0.3) is 0 Å². The number of benzene rings is 1. The second-order valence-electron chi connectivity index (χ2n) is 4.86. The van der Waals surface area contributed by atoms with E-state index < -0.39 is 0 Å². The van der Waals surface area contributed by atoms with E-state index in [1.807, 2.05) is 6.92 Å². The SMILES string of the molecule is Cc1ccc(C(CN)N2CCCCC2)cc1Cl. The molecule has 17 heavy (non-hydrogen) atoms. The van der Waals surface area contributed by atoms with E-state index in [9.17, 15) is 0 Å². The molecule has 2 rings (SSSR count). The predicted molar refractivity (Wildman–Crippen MR) is 73.4 cm³/mol. The van der Waals surface area contributed by atoms with Crippen LogP contribution in [-0.2, 0) is 0 Å². The summed E-state index contributed by atoms with van der Waals surface area (Å²) in [5.74, 6) is 0. The maximum absolute atomic E-state index is 6.19. The Hall–Kier alpha value is -0.570. The normalized spacial score (nSPS) is 19.2. The van der Waals surface area contributed by atoms with Crippen molar-refractivity contribution in [1.82, 2.24) is 4.90 Å². The van der Waals surface area contributed by atoms with Gasteiger partial charge in [-0.2, -0.15) is 0 Å². The molecule has 1 fully saturated rings. The first kappa shape index (κ1) is 12.9. The smallest absolute Gasteiger partial charge is 0.0470 e. The average Bonchev–Trinajstić information content (AvgIpc) is 2.36. The van der Waals surface area contributed by atoms with E-state index in [2.05, 4.69) is 23.1 Å². The lowest BCUT2D eigenvalue weighted by Gasteiger charge is -2.34. The van der Waals surface area contributed by atoms with E-state index in [4.69, 9.17) is 17.3 Å². The number of piperidine rings is 1. The lowest BCUT2D eigenvalue weighted by Crippen LogP contribution is -2.37. The van der Waals surface area contributed by atoms with Crippen molar-refractivity contribution in [2.75, 3.05) is 19.6 Å². The number of rotatable bonds is 3. The van der Waals surface area contributed by atoms with Gasteiger partial charge >= 0.3 is 0 Å². The summed E-state index contributed by atoms with van der Waals surface area (Å²) < 4.78 is 0. The van der Waals surface area contributed by atoms with E-state index in [-0.39, 0.29) is 0 Å². The van der Waals surface area contributed by atoms with E-state index in [1.54, 1.807) is 0 Å². The van der Waals surface area contributed by atoms with Crippen LogP contribution in [0.15, 0.2) is 18.2 Å². The lowest BCUT2D eigenvalue weighted by atomic mass is 10.0. The van der Waals surface area contributed by atoms with Crippen LogP contribution in [0.4, 0.5) is 0 Å². The predicted octanol–water partition coefficient (Wildman–Crippen LogP) is 3.13. The Balaban J connectivity index is 2.18. The van der Waals surface area contributed by atoms with Crippen LogP contribution >= 0.6 is 11.6 Å². The molecule has 2 N–H and O–H groups in total. The molecule has 0 spiro atoms. The summed E-state index contributed by atoms with van der Waals surface area (Å²) in [6, 6.07) is 6.65. The van der Waals surface area contributed by atoms with Crippen molar-refractivity contribution in [3.63, 3.8) is 0 Å². The van der Waals surface area contributed by atoms with Gasteiger partial charge in [-0.3, -0.25) is 4.90 Å². The van der Waals surface area contributed by atoms with Crippen LogP contribution in [0.2, 0.25) is 5.02 Å². The molecular weight excluding hydrogens is 232 g/mol. The molecule has 1 aromatic rings. The maximum Gasteiger partial charge on any atom is 0.0470 e. The molecule has 0 aromatic heterocycles. The van der Waals surface area contributed by atoms with Gasteiger partial charge in [0.25, 0.3) is 0 Å². The molecule has 1 aliphatic rings. The Morgan fingerprint density at radius 1 is 1.29 bits per heavy atom. The molecule has 1 saturated heterocycles. The summed E-state index contributed by atoms with van der Waals surface area (Å²) in [5, 5.41) is 0.845. The molecule has 1 unspecified atom stereocenters. The van der Waals surface area contributed by atoms with Gasteiger partial charge in [0.1, 0.15) is 0 Å². The molecule has 94 valence electrons. The topological polar surface area (TPSA) is 29.3 Å². The summed E-state index contributed by atoms with van der Waals surface area (Å²) in [6.45, 7) is 5.02. The van der Waals surface area contributed by atoms with Crippen LogP contribution in [0.5, 0.6) is 0 Å².